The molecule has 1 atom stereocenters. The Hall–Kier alpha value is -0.760. The van der Waals surface area contributed by atoms with Crippen molar-refractivity contribution in [2.24, 2.45) is 11.7 Å². The minimum atomic E-state index is 0.162. The quantitative estimate of drug-likeness (QED) is 0.625. The first-order valence-corrected chi connectivity index (χ1v) is 4.05. The fraction of sp³-hybridized carbons (Fsp3) is 0.556. The van der Waals surface area contributed by atoms with Crippen molar-refractivity contribution in [2.75, 3.05) is 6.61 Å². The zero-order valence-electron chi connectivity index (χ0n) is 6.88. The van der Waals surface area contributed by atoms with Crippen molar-refractivity contribution in [3.63, 3.8) is 0 Å². The van der Waals surface area contributed by atoms with E-state index < -0.39 is 0 Å². The van der Waals surface area contributed by atoms with Crippen molar-refractivity contribution in [1.82, 2.24) is 0 Å². The van der Waals surface area contributed by atoms with Gasteiger partial charge < -0.3 is 10.8 Å². The lowest BCUT2D eigenvalue weighted by atomic mass is 9.92. The monoisotopic (exact) mass is 153 g/mol. The van der Waals surface area contributed by atoms with Crippen molar-refractivity contribution in [3.05, 3.63) is 23.4 Å². The second-order valence-corrected chi connectivity index (χ2v) is 2.85. The Kier molecular flexibility index (Phi) is 2.71. The molecule has 0 aromatic rings. The molecule has 1 unspecified atom stereocenters. The number of aliphatic hydroxyl groups excluding tert-OH is 1. The van der Waals surface area contributed by atoms with Gasteiger partial charge >= 0.3 is 0 Å². The SMILES string of the molecule is CCC1=C(N)C(CO)CC=C1. The molecule has 0 saturated carbocycles. The highest BCUT2D eigenvalue weighted by molar-refractivity contribution is 5.29. The largest absolute Gasteiger partial charge is 0.402 e. The Morgan fingerprint density at radius 1 is 1.73 bits per heavy atom. The first-order valence-electron chi connectivity index (χ1n) is 4.05. The van der Waals surface area contributed by atoms with Crippen LogP contribution in [0.4, 0.5) is 0 Å². The molecule has 0 fully saturated rings. The van der Waals surface area contributed by atoms with E-state index in [1.807, 2.05) is 0 Å². The standard InChI is InChI=1S/C9H15NO/c1-2-7-4-3-5-8(6-11)9(7)10/h3-4,8,11H,2,5-6,10H2,1H3. The molecule has 0 heterocycles. The lowest BCUT2D eigenvalue weighted by Crippen LogP contribution is -2.19. The summed E-state index contributed by atoms with van der Waals surface area (Å²) in [7, 11) is 0. The van der Waals surface area contributed by atoms with Gasteiger partial charge in [-0.25, -0.2) is 0 Å². The smallest absolute Gasteiger partial charge is 0.0516 e. The van der Waals surface area contributed by atoms with Crippen LogP contribution >= 0.6 is 0 Å². The van der Waals surface area contributed by atoms with Gasteiger partial charge in [0.1, 0.15) is 0 Å². The molecular formula is C9H15NO. The maximum Gasteiger partial charge on any atom is 0.0516 e. The molecule has 1 rings (SSSR count). The van der Waals surface area contributed by atoms with Gasteiger partial charge in [-0.15, -0.1) is 0 Å². The summed E-state index contributed by atoms with van der Waals surface area (Å²) in [5, 5.41) is 8.93. The molecule has 0 bridgehead atoms. The fourth-order valence-corrected chi connectivity index (χ4v) is 1.35. The van der Waals surface area contributed by atoms with Gasteiger partial charge in [0, 0.05) is 11.6 Å². The van der Waals surface area contributed by atoms with Crippen LogP contribution in [0.5, 0.6) is 0 Å². The van der Waals surface area contributed by atoms with Crippen LogP contribution in [0.1, 0.15) is 19.8 Å². The van der Waals surface area contributed by atoms with Crippen LogP contribution in [0.2, 0.25) is 0 Å². The molecule has 2 heteroatoms. The van der Waals surface area contributed by atoms with Gasteiger partial charge in [-0.05, 0) is 18.4 Å². The summed E-state index contributed by atoms with van der Waals surface area (Å²) >= 11 is 0. The predicted octanol–water partition coefficient (Wildman–Crippen LogP) is 1.18. The van der Waals surface area contributed by atoms with E-state index in [1.54, 1.807) is 0 Å². The lowest BCUT2D eigenvalue weighted by Gasteiger charge is -2.19. The number of hydrogen-bond donors (Lipinski definition) is 2. The normalized spacial score (nSPS) is 24.4. The second kappa shape index (κ2) is 3.58. The number of nitrogens with two attached hydrogens (primary N) is 1. The molecule has 0 spiro atoms. The molecule has 0 aromatic heterocycles. The summed E-state index contributed by atoms with van der Waals surface area (Å²) in [6, 6.07) is 0. The average molecular weight is 153 g/mol. The highest BCUT2D eigenvalue weighted by atomic mass is 16.3. The van der Waals surface area contributed by atoms with E-state index in [0.717, 1.165) is 18.5 Å². The molecule has 1 aliphatic carbocycles. The third-order valence-electron chi connectivity index (χ3n) is 2.15. The van der Waals surface area contributed by atoms with Crippen molar-refractivity contribution < 1.29 is 5.11 Å². The summed E-state index contributed by atoms with van der Waals surface area (Å²) in [6.07, 6.45) is 5.97. The molecule has 62 valence electrons. The number of rotatable bonds is 2. The summed E-state index contributed by atoms with van der Waals surface area (Å²) < 4.78 is 0. The van der Waals surface area contributed by atoms with Gasteiger partial charge in [0.25, 0.3) is 0 Å². The van der Waals surface area contributed by atoms with E-state index >= 15 is 0 Å². The molecule has 0 amide bonds. The minimum Gasteiger partial charge on any atom is -0.402 e. The zero-order valence-corrected chi connectivity index (χ0v) is 6.88. The Balaban J connectivity index is 2.78. The topological polar surface area (TPSA) is 46.2 Å². The highest BCUT2D eigenvalue weighted by Crippen LogP contribution is 2.22. The average Bonchev–Trinajstić information content (AvgIpc) is 2.05. The lowest BCUT2D eigenvalue weighted by molar-refractivity contribution is 0.244. The van der Waals surface area contributed by atoms with Gasteiger partial charge in [-0.1, -0.05) is 19.1 Å². The van der Waals surface area contributed by atoms with Crippen LogP contribution in [-0.4, -0.2) is 11.7 Å². The Bertz CT molecular complexity index is 194. The maximum absolute atomic E-state index is 8.93. The van der Waals surface area contributed by atoms with Crippen LogP contribution in [0.3, 0.4) is 0 Å². The van der Waals surface area contributed by atoms with Crippen molar-refractivity contribution >= 4 is 0 Å². The molecule has 0 aliphatic heterocycles. The van der Waals surface area contributed by atoms with Crippen molar-refractivity contribution in [2.45, 2.75) is 19.8 Å². The molecule has 0 aromatic carbocycles. The number of aliphatic hydroxyl groups is 1. The van der Waals surface area contributed by atoms with E-state index in [1.165, 1.54) is 5.57 Å². The van der Waals surface area contributed by atoms with Crippen LogP contribution < -0.4 is 5.73 Å². The Morgan fingerprint density at radius 2 is 2.45 bits per heavy atom. The second-order valence-electron chi connectivity index (χ2n) is 2.85. The Labute approximate surface area is 67.4 Å². The fourth-order valence-electron chi connectivity index (χ4n) is 1.35. The van der Waals surface area contributed by atoms with Crippen LogP contribution in [0.15, 0.2) is 23.4 Å². The van der Waals surface area contributed by atoms with E-state index in [9.17, 15) is 0 Å². The molecule has 3 N–H and O–H groups in total. The van der Waals surface area contributed by atoms with Gasteiger partial charge in [-0.3, -0.25) is 0 Å². The first kappa shape index (κ1) is 8.34. The minimum absolute atomic E-state index is 0.162. The zero-order chi connectivity index (χ0) is 8.27. The van der Waals surface area contributed by atoms with E-state index in [0.29, 0.717) is 0 Å². The van der Waals surface area contributed by atoms with Gasteiger partial charge in [-0.2, -0.15) is 0 Å². The van der Waals surface area contributed by atoms with Gasteiger partial charge in [0.05, 0.1) is 6.61 Å². The molecule has 1 aliphatic rings. The third-order valence-corrected chi connectivity index (χ3v) is 2.15. The number of hydrogen-bond acceptors (Lipinski definition) is 2. The summed E-state index contributed by atoms with van der Waals surface area (Å²) in [5.74, 6) is 0.162. The van der Waals surface area contributed by atoms with Crippen LogP contribution in [-0.2, 0) is 0 Å². The third kappa shape index (κ3) is 1.63. The highest BCUT2D eigenvalue weighted by Gasteiger charge is 2.14. The van der Waals surface area contributed by atoms with Gasteiger partial charge in [0.2, 0.25) is 0 Å². The summed E-state index contributed by atoms with van der Waals surface area (Å²) in [4.78, 5) is 0. The maximum atomic E-state index is 8.93. The van der Waals surface area contributed by atoms with Crippen LogP contribution in [0, 0.1) is 5.92 Å². The molecule has 0 saturated heterocycles. The summed E-state index contributed by atoms with van der Waals surface area (Å²) in [5.41, 5.74) is 7.86. The molecular weight excluding hydrogens is 138 g/mol. The number of allylic oxidation sites excluding steroid dienone is 3. The van der Waals surface area contributed by atoms with Crippen molar-refractivity contribution in [3.8, 4) is 0 Å². The van der Waals surface area contributed by atoms with Gasteiger partial charge in [0.15, 0.2) is 0 Å². The Morgan fingerprint density at radius 3 is 3.00 bits per heavy atom. The van der Waals surface area contributed by atoms with E-state index in [-0.39, 0.29) is 12.5 Å². The predicted molar refractivity (Wildman–Crippen MR) is 45.8 cm³/mol. The molecule has 0 radical (unpaired) electrons. The van der Waals surface area contributed by atoms with E-state index in [4.69, 9.17) is 10.8 Å². The summed E-state index contributed by atoms with van der Waals surface area (Å²) in [6.45, 7) is 2.24. The van der Waals surface area contributed by atoms with E-state index in [2.05, 4.69) is 19.1 Å². The first-order chi connectivity index (χ1) is 5.29. The van der Waals surface area contributed by atoms with Crippen molar-refractivity contribution in [1.29, 1.82) is 0 Å². The van der Waals surface area contributed by atoms with Crippen LogP contribution in [0.25, 0.3) is 0 Å². The molecule has 11 heavy (non-hydrogen) atoms. The molecule has 2 nitrogen and oxygen atoms in total.